The zero-order valence-corrected chi connectivity index (χ0v) is 7.46. The van der Waals surface area contributed by atoms with Crippen molar-refractivity contribution >= 4 is 0 Å². The van der Waals surface area contributed by atoms with E-state index in [2.05, 4.69) is 27.7 Å². The van der Waals surface area contributed by atoms with Crippen molar-refractivity contribution in [2.24, 2.45) is 0 Å². The van der Waals surface area contributed by atoms with E-state index in [-0.39, 0.29) is 30.7 Å². The van der Waals surface area contributed by atoms with Gasteiger partial charge < -0.3 is 12.8 Å². The minimum absolute atomic E-state index is 0. The number of halogens is 1. The molecule has 1 radical (unpaired) electrons. The molecule has 0 fully saturated rings. The third-order valence-corrected chi connectivity index (χ3v) is 0. The largest absolute Gasteiger partial charge is 2.00 e. The van der Waals surface area contributed by atoms with Gasteiger partial charge in [-0.25, -0.2) is 0 Å². The molecular formula is C7H19FV. The van der Waals surface area contributed by atoms with Gasteiger partial charge in [0.25, 0.3) is 0 Å². The van der Waals surface area contributed by atoms with Crippen LogP contribution < -0.4 is 0 Å². The predicted molar refractivity (Wildman–Crippen MR) is 40.5 cm³/mol. The Labute approximate surface area is 71.7 Å². The molecule has 2 heteroatoms. The molecule has 0 aliphatic rings. The molecule has 0 nitrogen and oxygen atoms in total. The summed E-state index contributed by atoms with van der Waals surface area (Å²) >= 11 is 0. The van der Waals surface area contributed by atoms with E-state index in [1.807, 2.05) is 0 Å². The minimum Gasteiger partial charge on any atom is -0.346 e. The topological polar surface area (TPSA) is 0 Å². The summed E-state index contributed by atoms with van der Waals surface area (Å²) in [6.45, 7) is 11.2. The standard InChI is InChI=1S/C4H9.C2H5.CH4.FH.V/c1-4(2)3;1-2;;;/h1-3H3;1H2,2H3;1H4;1H;/q2*-1;;;+2. The smallest absolute Gasteiger partial charge is 0.346 e. The molecular weight excluding hydrogens is 154 g/mol. The average molecular weight is 173 g/mol. The third-order valence-electron chi connectivity index (χ3n) is 0. The van der Waals surface area contributed by atoms with Gasteiger partial charge in [-0.15, -0.1) is 0 Å². The first-order valence-electron chi connectivity index (χ1n) is 2.21. The third kappa shape index (κ3) is 1370. The summed E-state index contributed by atoms with van der Waals surface area (Å²) in [6.07, 6.45) is 0. The van der Waals surface area contributed by atoms with Crippen LogP contribution in [-0.4, -0.2) is 0 Å². The van der Waals surface area contributed by atoms with Crippen molar-refractivity contribution in [2.45, 2.75) is 35.1 Å². The van der Waals surface area contributed by atoms with Crippen molar-refractivity contribution in [3.8, 4) is 0 Å². The van der Waals surface area contributed by atoms with Gasteiger partial charge in [-0.1, -0.05) is 7.43 Å². The van der Waals surface area contributed by atoms with Crippen LogP contribution >= 0.6 is 0 Å². The predicted octanol–water partition coefficient (Wildman–Crippen LogP) is 3.25. The SMILES string of the molecule is C.C[C-](C)C.F.[CH2-]C.[V+2]. The Morgan fingerprint density at radius 1 is 1.00 bits per heavy atom. The zero-order valence-electron chi connectivity index (χ0n) is 6.06. The Balaban J connectivity index is -0.00000000990. The normalized spacial score (nSPS) is 4.67. The van der Waals surface area contributed by atoms with E-state index >= 15 is 0 Å². The van der Waals surface area contributed by atoms with Gasteiger partial charge in [0.05, 0.1) is 0 Å². The molecule has 0 saturated heterocycles. The maximum absolute atomic E-state index is 3.25. The van der Waals surface area contributed by atoms with Gasteiger partial charge in [0.15, 0.2) is 0 Å². The van der Waals surface area contributed by atoms with E-state index in [0.29, 0.717) is 0 Å². The molecule has 0 aromatic heterocycles. The van der Waals surface area contributed by atoms with Crippen LogP contribution in [0.1, 0.15) is 35.1 Å². The van der Waals surface area contributed by atoms with Gasteiger partial charge in [0, 0.05) is 0 Å². The maximum atomic E-state index is 3.25. The van der Waals surface area contributed by atoms with E-state index in [1.165, 1.54) is 5.92 Å². The van der Waals surface area contributed by atoms with Crippen molar-refractivity contribution in [1.29, 1.82) is 0 Å². The summed E-state index contributed by atoms with van der Waals surface area (Å²) in [6, 6.07) is 0. The van der Waals surface area contributed by atoms with Crippen LogP contribution in [0.5, 0.6) is 0 Å². The van der Waals surface area contributed by atoms with E-state index < -0.39 is 0 Å². The second kappa shape index (κ2) is 38.9. The molecule has 9 heavy (non-hydrogen) atoms. The number of hydrogen-bond acceptors (Lipinski definition) is 0. The van der Waals surface area contributed by atoms with Gasteiger partial charge in [-0.3, -0.25) is 4.70 Å². The van der Waals surface area contributed by atoms with Gasteiger partial charge >= 0.3 is 18.6 Å². The summed E-state index contributed by atoms with van der Waals surface area (Å²) in [5.74, 6) is 1.42. The van der Waals surface area contributed by atoms with Crippen molar-refractivity contribution in [1.82, 2.24) is 0 Å². The van der Waals surface area contributed by atoms with Crippen LogP contribution in [0.2, 0.25) is 0 Å². The molecule has 0 bridgehead atoms. The average Bonchev–Trinajstić information content (AvgIpc) is 1.41. The Kier molecular flexibility index (Phi) is 146. The van der Waals surface area contributed by atoms with Crippen LogP contribution in [0.4, 0.5) is 4.70 Å². The molecule has 59 valence electrons. The van der Waals surface area contributed by atoms with Crippen LogP contribution in [-0.2, 0) is 18.6 Å². The van der Waals surface area contributed by atoms with Crippen molar-refractivity contribution < 1.29 is 23.3 Å². The second-order valence-electron chi connectivity index (χ2n) is 1.50. The van der Waals surface area contributed by atoms with Gasteiger partial charge in [0.2, 0.25) is 0 Å². The monoisotopic (exact) mass is 173 g/mol. The molecule has 0 spiro atoms. The fraction of sp³-hybridized carbons (Fsp3) is 0.714. The first-order chi connectivity index (χ1) is 2.73. The number of rotatable bonds is 0. The summed E-state index contributed by atoms with van der Waals surface area (Å²) < 4.78 is 0. The maximum Gasteiger partial charge on any atom is 2.00 e. The summed E-state index contributed by atoms with van der Waals surface area (Å²) in [4.78, 5) is 0. The molecule has 0 aromatic carbocycles. The molecule has 0 heterocycles. The summed E-state index contributed by atoms with van der Waals surface area (Å²) in [5, 5.41) is 0. The van der Waals surface area contributed by atoms with E-state index in [4.69, 9.17) is 0 Å². The quantitative estimate of drug-likeness (QED) is 0.493. The molecule has 0 aromatic rings. The summed E-state index contributed by atoms with van der Waals surface area (Å²) in [5.41, 5.74) is 0. The zero-order chi connectivity index (χ0) is 5.58. The fourth-order valence-corrected chi connectivity index (χ4v) is 0. The molecule has 0 atom stereocenters. The van der Waals surface area contributed by atoms with E-state index in [1.54, 1.807) is 6.92 Å². The first kappa shape index (κ1) is 33.8. The molecule has 0 saturated carbocycles. The van der Waals surface area contributed by atoms with Crippen molar-refractivity contribution in [2.75, 3.05) is 0 Å². The Hall–Kier alpha value is 0.514. The van der Waals surface area contributed by atoms with Crippen LogP contribution in [0.15, 0.2) is 0 Å². The molecule has 0 aliphatic carbocycles. The van der Waals surface area contributed by atoms with Gasteiger partial charge in [-0.2, -0.15) is 27.7 Å². The molecule has 0 N–H and O–H groups in total. The Bertz CT molecular complexity index is 13.6. The molecule has 0 amide bonds. The Morgan fingerprint density at radius 3 is 1.00 bits per heavy atom. The summed E-state index contributed by atoms with van der Waals surface area (Å²) in [7, 11) is 0. The van der Waals surface area contributed by atoms with Crippen molar-refractivity contribution in [3.63, 3.8) is 0 Å². The Morgan fingerprint density at radius 2 is 1.00 bits per heavy atom. The number of hydrogen-bond donors (Lipinski definition) is 0. The molecule has 0 aliphatic heterocycles. The van der Waals surface area contributed by atoms with Gasteiger partial charge in [-0.05, 0) is 0 Å². The van der Waals surface area contributed by atoms with Crippen LogP contribution in [0.3, 0.4) is 0 Å². The molecule has 0 unspecified atom stereocenters. The first-order valence-corrected chi connectivity index (χ1v) is 2.21. The van der Waals surface area contributed by atoms with E-state index in [0.717, 1.165) is 0 Å². The van der Waals surface area contributed by atoms with E-state index in [9.17, 15) is 0 Å². The fourth-order valence-electron chi connectivity index (χ4n) is 0. The molecule has 0 rings (SSSR count). The van der Waals surface area contributed by atoms with Crippen molar-refractivity contribution in [3.05, 3.63) is 12.8 Å². The second-order valence-corrected chi connectivity index (χ2v) is 1.50. The van der Waals surface area contributed by atoms with Gasteiger partial charge in [0.1, 0.15) is 0 Å². The van der Waals surface area contributed by atoms with Crippen LogP contribution in [0.25, 0.3) is 0 Å². The van der Waals surface area contributed by atoms with Crippen LogP contribution in [0, 0.1) is 12.8 Å². The minimum atomic E-state index is 0.